The number of halogens is 3. The Morgan fingerprint density at radius 1 is 1.09 bits per heavy atom. The molecular weight excluding hydrogens is 445 g/mol. The topological polar surface area (TPSA) is 78.3 Å². The second-order valence-corrected chi connectivity index (χ2v) is 7.81. The lowest BCUT2D eigenvalue weighted by Gasteiger charge is -2.18. The highest BCUT2D eigenvalue weighted by Gasteiger charge is 2.38. The molecule has 5 rings (SSSR count). The summed E-state index contributed by atoms with van der Waals surface area (Å²) in [5.74, 6) is -0.498. The number of alkyl halides is 3. The standard InChI is InChI=1S/C21H15F3N4O3S/c22-21(23,24)19-25-13-3-1-2-4-15(13)28(19)10-18(29)27-20-26-14(11-32-20)12-5-6-16-17(9-12)31-8-7-30-16/h1-6,9,11H,7-8,10H2,(H,26,27,29). The molecule has 32 heavy (non-hydrogen) atoms. The average Bonchev–Trinajstić information content (AvgIpc) is 3.38. The van der Waals surface area contributed by atoms with E-state index in [2.05, 4.69) is 15.3 Å². The predicted octanol–water partition coefficient (Wildman–Crippen LogP) is 4.59. The fraction of sp³-hybridized carbons (Fsp3) is 0.190. The van der Waals surface area contributed by atoms with Crippen LogP contribution in [0.25, 0.3) is 22.3 Å². The van der Waals surface area contributed by atoms with Crippen molar-refractivity contribution < 1.29 is 27.4 Å². The van der Waals surface area contributed by atoms with Gasteiger partial charge in [0.25, 0.3) is 0 Å². The van der Waals surface area contributed by atoms with Crippen LogP contribution in [0.3, 0.4) is 0 Å². The highest BCUT2D eigenvalue weighted by molar-refractivity contribution is 7.14. The van der Waals surface area contributed by atoms with Gasteiger partial charge in [0.05, 0.1) is 16.7 Å². The molecule has 0 bridgehead atoms. The summed E-state index contributed by atoms with van der Waals surface area (Å²) in [6, 6.07) is 11.6. The summed E-state index contributed by atoms with van der Waals surface area (Å²) in [4.78, 5) is 20.6. The molecule has 1 amide bonds. The zero-order valence-electron chi connectivity index (χ0n) is 16.3. The second kappa shape index (κ2) is 7.83. The van der Waals surface area contributed by atoms with Crippen LogP contribution in [-0.4, -0.2) is 33.7 Å². The van der Waals surface area contributed by atoms with Crippen LogP contribution < -0.4 is 14.8 Å². The number of para-hydroxylation sites is 2. The zero-order chi connectivity index (χ0) is 22.3. The summed E-state index contributed by atoms with van der Waals surface area (Å²) in [7, 11) is 0. The van der Waals surface area contributed by atoms with Gasteiger partial charge in [-0.2, -0.15) is 13.2 Å². The van der Waals surface area contributed by atoms with Gasteiger partial charge < -0.3 is 19.4 Å². The fourth-order valence-electron chi connectivity index (χ4n) is 3.42. The van der Waals surface area contributed by atoms with Gasteiger partial charge in [0.1, 0.15) is 19.8 Å². The molecule has 2 aromatic heterocycles. The molecule has 11 heteroatoms. The normalized spacial score (nSPS) is 13.3. The van der Waals surface area contributed by atoms with Crippen molar-refractivity contribution in [3.05, 3.63) is 53.7 Å². The molecule has 3 heterocycles. The third-order valence-corrected chi connectivity index (χ3v) is 5.56. The summed E-state index contributed by atoms with van der Waals surface area (Å²) in [6.07, 6.45) is -4.69. The van der Waals surface area contributed by atoms with Crippen molar-refractivity contribution in [1.82, 2.24) is 14.5 Å². The number of aromatic nitrogens is 3. The Balaban J connectivity index is 1.36. The molecule has 0 aliphatic carbocycles. The van der Waals surface area contributed by atoms with Crippen molar-refractivity contribution in [2.45, 2.75) is 12.7 Å². The number of benzene rings is 2. The molecule has 0 radical (unpaired) electrons. The van der Waals surface area contributed by atoms with Crippen molar-refractivity contribution in [1.29, 1.82) is 0 Å². The molecule has 0 unspecified atom stereocenters. The van der Waals surface area contributed by atoms with Gasteiger partial charge in [0.2, 0.25) is 11.7 Å². The molecule has 2 aromatic carbocycles. The number of rotatable bonds is 4. The SMILES string of the molecule is O=C(Cn1c(C(F)(F)F)nc2ccccc21)Nc1nc(-c2ccc3c(c2)OCCO3)cs1. The number of anilines is 1. The predicted molar refractivity (Wildman–Crippen MR) is 112 cm³/mol. The lowest BCUT2D eigenvalue weighted by molar-refractivity contribution is -0.147. The van der Waals surface area contributed by atoms with Gasteiger partial charge in [-0.05, 0) is 30.3 Å². The van der Waals surface area contributed by atoms with Crippen molar-refractivity contribution in [2.75, 3.05) is 18.5 Å². The van der Waals surface area contributed by atoms with E-state index in [1.54, 1.807) is 29.6 Å². The third-order valence-electron chi connectivity index (χ3n) is 4.80. The Morgan fingerprint density at radius 3 is 2.69 bits per heavy atom. The molecule has 0 fully saturated rings. The molecule has 7 nitrogen and oxygen atoms in total. The largest absolute Gasteiger partial charge is 0.486 e. The fourth-order valence-corrected chi connectivity index (χ4v) is 4.16. The molecule has 164 valence electrons. The van der Waals surface area contributed by atoms with Gasteiger partial charge in [-0.15, -0.1) is 11.3 Å². The van der Waals surface area contributed by atoms with Crippen LogP contribution in [0.15, 0.2) is 47.8 Å². The third kappa shape index (κ3) is 3.86. The number of fused-ring (bicyclic) bond motifs is 2. The lowest BCUT2D eigenvalue weighted by atomic mass is 10.1. The quantitative estimate of drug-likeness (QED) is 0.482. The van der Waals surface area contributed by atoms with Crippen LogP contribution >= 0.6 is 11.3 Å². The number of thiazole rings is 1. The smallest absolute Gasteiger partial charge is 0.449 e. The number of imidazole rings is 1. The number of hydrogen-bond acceptors (Lipinski definition) is 6. The minimum atomic E-state index is -4.69. The lowest BCUT2D eigenvalue weighted by Crippen LogP contribution is -2.23. The molecule has 0 saturated heterocycles. The summed E-state index contributed by atoms with van der Waals surface area (Å²) in [6.45, 7) is 0.396. The van der Waals surface area contributed by atoms with Crippen molar-refractivity contribution in [3.8, 4) is 22.8 Å². The van der Waals surface area contributed by atoms with Crippen LogP contribution in [0.4, 0.5) is 18.3 Å². The van der Waals surface area contributed by atoms with Gasteiger partial charge in [0.15, 0.2) is 16.6 Å². The van der Waals surface area contributed by atoms with Crippen LogP contribution in [0.2, 0.25) is 0 Å². The number of amides is 1. The molecule has 1 aliphatic rings. The number of ether oxygens (including phenoxy) is 2. The van der Waals surface area contributed by atoms with Crippen molar-refractivity contribution in [2.24, 2.45) is 0 Å². The molecular formula is C21H15F3N4O3S. The van der Waals surface area contributed by atoms with E-state index in [-0.39, 0.29) is 16.2 Å². The molecule has 0 spiro atoms. The van der Waals surface area contributed by atoms with E-state index in [1.807, 2.05) is 6.07 Å². The summed E-state index contributed by atoms with van der Waals surface area (Å²) >= 11 is 1.17. The van der Waals surface area contributed by atoms with E-state index in [9.17, 15) is 18.0 Å². The van der Waals surface area contributed by atoms with Gasteiger partial charge in [-0.1, -0.05) is 12.1 Å². The summed E-state index contributed by atoms with van der Waals surface area (Å²) in [5.41, 5.74) is 1.77. The van der Waals surface area contributed by atoms with E-state index in [0.29, 0.717) is 30.4 Å². The van der Waals surface area contributed by atoms with Crippen LogP contribution in [-0.2, 0) is 17.5 Å². The van der Waals surface area contributed by atoms with E-state index in [1.165, 1.54) is 23.5 Å². The maximum absolute atomic E-state index is 13.4. The van der Waals surface area contributed by atoms with Gasteiger partial charge in [-0.3, -0.25) is 4.79 Å². The maximum atomic E-state index is 13.4. The first-order chi connectivity index (χ1) is 15.4. The summed E-state index contributed by atoms with van der Waals surface area (Å²) < 4.78 is 52.2. The monoisotopic (exact) mass is 460 g/mol. The average molecular weight is 460 g/mol. The Hall–Kier alpha value is -3.60. The first-order valence-corrected chi connectivity index (χ1v) is 10.4. The number of nitrogens with one attached hydrogen (secondary N) is 1. The molecule has 1 N–H and O–H groups in total. The first-order valence-electron chi connectivity index (χ1n) is 9.56. The summed E-state index contributed by atoms with van der Waals surface area (Å²) in [5, 5.41) is 4.59. The van der Waals surface area contributed by atoms with Crippen LogP contribution in [0.1, 0.15) is 5.82 Å². The van der Waals surface area contributed by atoms with E-state index in [0.717, 1.165) is 10.1 Å². The zero-order valence-corrected chi connectivity index (χ0v) is 17.2. The van der Waals surface area contributed by atoms with Crippen molar-refractivity contribution >= 4 is 33.4 Å². The highest BCUT2D eigenvalue weighted by Crippen LogP contribution is 2.35. The minimum Gasteiger partial charge on any atom is -0.486 e. The molecule has 1 aliphatic heterocycles. The van der Waals surface area contributed by atoms with E-state index >= 15 is 0 Å². The number of hydrogen-bond donors (Lipinski definition) is 1. The van der Waals surface area contributed by atoms with Gasteiger partial charge in [0, 0.05) is 10.9 Å². The van der Waals surface area contributed by atoms with Crippen molar-refractivity contribution in [3.63, 3.8) is 0 Å². The number of carbonyl (C=O) groups is 1. The second-order valence-electron chi connectivity index (χ2n) is 6.95. The van der Waals surface area contributed by atoms with Crippen LogP contribution in [0, 0.1) is 0 Å². The molecule has 0 saturated carbocycles. The first kappa shape index (κ1) is 20.3. The molecule has 0 atom stereocenters. The van der Waals surface area contributed by atoms with Crippen LogP contribution in [0.5, 0.6) is 11.5 Å². The Morgan fingerprint density at radius 2 is 1.88 bits per heavy atom. The van der Waals surface area contributed by atoms with E-state index < -0.39 is 24.5 Å². The molecule has 4 aromatic rings. The number of nitrogens with zero attached hydrogens (tertiary/aromatic N) is 3. The Bertz CT molecular complexity index is 1320. The minimum absolute atomic E-state index is 0.169. The van der Waals surface area contributed by atoms with Gasteiger partial charge in [-0.25, -0.2) is 9.97 Å². The Kier molecular flexibility index (Phi) is 4.97. The highest BCUT2D eigenvalue weighted by atomic mass is 32.1. The van der Waals surface area contributed by atoms with E-state index in [4.69, 9.17) is 9.47 Å². The maximum Gasteiger partial charge on any atom is 0.449 e. The number of carbonyl (C=O) groups excluding carboxylic acids is 1. The Labute approximate surface area is 183 Å². The van der Waals surface area contributed by atoms with Gasteiger partial charge >= 0.3 is 6.18 Å².